The molecule has 1 unspecified atom stereocenters. The van der Waals surface area contributed by atoms with Gasteiger partial charge in [0, 0.05) is 54.6 Å². The lowest BCUT2D eigenvalue weighted by Gasteiger charge is -2.20. The highest BCUT2D eigenvalue weighted by Gasteiger charge is 2.25. The van der Waals surface area contributed by atoms with Gasteiger partial charge in [-0.3, -0.25) is 5.26 Å². The van der Waals surface area contributed by atoms with Gasteiger partial charge in [-0.05, 0) is 155 Å². The number of carbonyl (C=O) groups is 6. The number of phenolic OH excluding ortho intramolecular Hbond substituents is 12. The Labute approximate surface area is 533 Å². The van der Waals surface area contributed by atoms with Gasteiger partial charge in [0.25, 0.3) is 0 Å². The van der Waals surface area contributed by atoms with Crippen molar-refractivity contribution >= 4 is 35.8 Å². The molecule has 10 rings (SSSR count). The summed E-state index contributed by atoms with van der Waals surface area (Å²) in [6.45, 7) is 0. The molecular weight excluding hydrogens is 1240 g/mol. The SMILES string of the molecule is O=C(Oc1cc(Cc2cc(Cc3cc(OC(=O)c4cc(O)cc(O)c4)cc(OC(=O)c4cc(O)cc(O)c4)c3)cc(C(OO)c3cc(OC(=O)c4cc(O)cc(O)c4)cc(OC(=O)c4cc(O)cc(O)c4)c3)c2)cc(OC(=O)c2cc(O)cc(O)c2)c1)c1cc(O)cc(O)c1. The Morgan fingerprint density at radius 3 is 0.611 bits per heavy atom. The minimum atomic E-state index is -1.72. The van der Waals surface area contributed by atoms with Gasteiger partial charge in [0.15, 0.2) is 0 Å². The molecule has 0 spiro atoms. The Balaban J connectivity index is 1.11. The van der Waals surface area contributed by atoms with Crippen LogP contribution >= 0.6 is 0 Å². The maximum absolute atomic E-state index is 13.7. The summed E-state index contributed by atoms with van der Waals surface area (Å²) in [6, 6.07) is 33.0. The molecule has 0 aliphatic heterocycles. The van der Waals surface area contributed by atoms with E-state index in [4.69, 9.17) is 33.3 Å². The number of hydrogen-bond donors (Lipinski definition) is 13. The summed E-state index contributed by atoms with van der Waals surface area (Å²) >= 11 is 0. The Kier molecular flexibility index (Phi) is 18.6. The van der Waals surface area contributed by atoms with Crippen molar-refractivity contribution in [1.29, 1.82) is 0 Å². The molecule has 10 aromatic rings. The fourth-order valence-electron chi connectivity index (χ4n) is 9.77. The second-order valence-electron chi connectivity index (χ2n) is 21.1. The molecule has 13 N–H and O–H groups in total. The van der Waals surface area contributed by atoms with Gasteiger partial charge in [-0.2, -0.15) is 0 Å². The van der Waals surface area contributed by atoms with Crippen molar-refractivity contribution in [1.82, 2.24) is 0 Å². The minimum absolute atomic E-state index is 0.0137. The molecule has 0 amide bonds. The number of rotatable bonds is 19. The van der Waals surface area contributed by atoms with E-state index in [1.54, 1.807) is 6.07 Å². The van der Waals surface area contributed by atoms with E-state index >= 15 is 0 Å². The van der Waals surface area contributed by atoms with Crippen LogP contribution in [0.3, 0.4) is 0 Å². The molecular formula is C69H48O26. The first-order chi connectivity index (χ1) is 45.2. The van der Waals surface area contributed by atoms with E-state index in [0.29, 0.717) is 0 Å². The molecule has 95 heavy (non-hydrogen) atoms. The first-order valence-corrected chi connectivity index (χ1v) is 27.6. The topological polar surface area (TPSA) is 430 Å². The van der Waals surface area contributed by atoms with Gasteiger partial charge in [-0.25, -0.2) is 33.7 Å². The fraction of sp³-hybridized carbons (Fsp3) is 0.0435. The summed E-state index contributed by atoms with van der Waals surface area (Å²) in [4.78, 5) is 87.0. The van der Waals surface area contributed by atoms with Crippen molar-refractivity contribution in [3.05, 3.63) is 249 Å². The van der Waals surface area contributed by atoms with Crippen LogP contribution in [0.5, 0.6) is 103 Å². The smallest absolute Gasteiger partial charge is 0.343 e. The summed E-state index contributed by atoms with van der Waals surface area (Å²) in [6.07, 6.45) is -2.23. The highest BCUT2D eigenvalue weighted by atomic mass is 17.1. The van der Waals surface area contributed by atoms with Crippen molar-refractivity contribution in [2.75, 3.05) is 0 Å². The first kappa shape index (κ1) is 64.5. The number of hydrogen-bond acceptors (Lipinski definition) is 26. The monoisotopic (exact) mass is 1290 g/mol. The minimum Gasteiger partial charge on any atom is -0.508 e. The predicted octanol–water partition coefficient (Wildman–Crippen LogP) is 10.2. The van der Waals surface area contributed by atoms with Crippen LogP contribution in [0.4, 0.5) is 0 Å². The zero-order valence-corrected chi connectivity index (χ0v) is 48.4. The molecule has 26 nitrogen and oxygen atoms in total. The summed E-state index contributed by atoms with van der Waals surface area (Å²) in [7, 11) is 0. The largest absolute Gasteiger partial charge is 0.508 e. The number of ether oxygens (including phenoxy) is 6. The van der Waals surface area contributed by atoms with Crippen molar-refractivity contribution < 1.29 is 129 Å². The average molecular weight is 1290 g/mol. The highest BCUT2D eigenvalue weighted by molar-refractivity contribution is 5.96. The lowest BCUT2D eigenvalue weighted by atomic mass is 9.92. The fourth-order valence-corrected chi connectivity index (χ4v) is 9.77. The molecule has 480 valence electrons. The van der Waals surface area contributed by atoms with Gasteiger partial charge >= 0.3 is 35.8 Å². The standard InChI is InChI=1S/C69H48O26/c70-45-10-39(11-46(71)24-45)64(82)89-57-6-35(7-58(30-57)90-65(83)40-12-47(72)25-48(73)13-40)2-33-1-34(3-36-8-59(91-66(84)41-14-49(74)26-50(75)15-41)31-60(9-36)92-67(85)42-16-51(76)27-52(77)17-42)5-37(4-33)63(95-88)38-22-61(93-68(86)43-18-53(78)28-54(79)19-43)32-62(23-38)94-69(87)44-20-55(80)29-56(81)21-44/h1,4-32,63,70-81,88H,2-3H2. The third-order valence-electron chi connectivity index (χ3n) is 13.5. The van der Waals surface area contributed by atoms with E-state index in [1.807, 2.05) is 0 Å². The van der Waals surface area contributed by atoms with Gasteiger partial charge < -0.3 is 89.7 Å². The number of aromatic hydroxyl groups is 12. The number of esters is 6. The Morgan fingerprint density at radius 2 is 0.411 bits per heavy atom. The molecule has 0 heterocycles. The molecule has 26 heteroatoms. The number of benzene rings is 10. The van der Waals surface area contributed by atoms with Crippen LogP contribution in [-0.4, -0.2) is 102 Å². The van der Waals surface area contributed by atoms with Gasteiger partial charge in [0.2, 0.25) is 0 Å². The summed E-state index contributed by atoms with van der Waals surface area (Å²) < 4.78 is 34.0. The van der Waals surface area contributed by atoms with Crippen LogP contribution in [-0.2, 0) is 17.7 Å². The van der Waals surface area contributed by atoms with Crippen molar-refractivity contribution in [2.45, 2.75) is 18.9 Å². The molecule has 0 aliphatic rings. The van der Waals surface area contributed by atoms with E-state index in [2.05, 4.69) is 0 Å². The molecule has 0 aliphatic carbocycles. The van der Waals surface area contributed by atoms with Crippen LogP contribution in [0.2, 0.25) is 0 Å². The predicted molar refractivity (Wildman–Crippen MR) is 325 cm³/mol. The maximum Gasteiger partial charge on any atom is 0.343 e. The normalized spacial score (nSPS) is 11.2. The van der Waals surface area contributed by atoms with Gasteiger partial charge in [-0.1, -0.05) is 18.2 Å². The van der Waals surface area contributed by atoms with E-state index in [9.17, 15) is 95.3 Å². The van der Waals surface area contributed by atoms with Gasteiger partial charge in [0.05, 0.1) is 33.4 Å². The lowest BCUT2D eigenvalue weighted by Crippen LogP contribution is -2.13. The number of carbonyl (C=O) groups excluding carboxylic acids is 6. The first-order valence-electron chi connectivity index (χ1n) is 27.6. The molecule has 10 aromatic carbocycles. The lowest BCUT2D eigenvalue weighted by molar-refractivity contribution is -0.270. The Morgan fingerprint density at radius 1 is 0.232 bits per heavy atom. The van der Waals surface area contributed by atoms with Crippen LogP contribution in [0.15, 0.2) is 182 Å². The third kappa shape index (κ3) is 16.7. The van der Waals surface area contributed by atoms with Crippen molar-refractivity contribution in [3.8, 4) is 103 Å². The van der Waals surface area contributed by atoms with Gasteiger partial charge in [0.1, 0.15) is 110 Å². The van der Waals surface area contributed by atoms with Crippen LogP contribution in [0.25, 0.3) is 0 Å². The summed E-state index contributed by atoms with van der Waals surface area (Å²) in [5.74, 6) is -15.0. The van der Waals surface area contributed by atoms with E-state index in [0.717, 1.165) is 127 Å². The zero-order valence-electron chi connectivity index (χ0n) is 48.4. The van der Waals surface area contributed by atoms with Gasteiger partial charge in [-0.15, -0.1) is 0 Å². The Hall–Kier alpha value is -13.5. The van der Waals surface area contributed by atoms with Crippen LogP contribution in [0.1, 0.15) is 102 Å². The highest BCUT2D eigenvalue weighted by Crippen LogP contribution is 2.38. The molecule has 0 bridgehead atoms. The molecule has 0 saturated carbocycles. The van der Waals surface area contributed by atoms with Crippen LogP contribution in [0, 0.1) is 0 Å². The molecule has 0 fully saturated rings. The average Bonchev–Trinajstić information content (AvgIpc) is 0.815. The number of phenols is 12. The van der Waals surface area contributed by atoms with Crippen LogP contribution < -0.4 is 28.4 Å². The summed E-state index contributed by atoms with van der Waals surface area (Å²) in [5, 5.41) is 133. The summed E-state index contributed by atoms with van der Waals surface area (Å²) in [5.41, 5.74) is -1.27. The second-order valence-corrected chi connectivity index (χ2v) is 21.1. The second kappa shape index (κ2) is 27.3. The quantitative estimate of drug-likeness (QED) is 0.0155. The van der Waals surface area contributed by atoms with E-state index in [-0.39, 0.29) is 103 Å². The zero-order chi connectivity index (χ0) is 67.9. The maximum atomic E-state index is 13.7. The van der Waals surface area contributed by atoms with E-state index in [1.165, 1.54) is 48.5 Å². The molecule has 0 radical (unpaired) electrons. The van der Waals surface area contributed by atoms with Crippen molar-refractivity contribution in [3.63, 3.8) is 0 Å². The third-order valence-corrected chi connectivity index (χ3v) is 13.5. The molecule has 1 atom stereocenters. The van der Waals surface area contributed by atoms with E-state index < -0.39 is 122 Å². The molecule has 0 aromatic heterocycles. The van der Waals surface area contributed by atoms with Crippen molar-refractivity contribution in [2.24, 2.45) is 0 Å². The molecule has 0 saturated heterocycles. The Bertz CT molecular complexity index is 4160.